The number of hydrogen-bond donors (Lipinski definition) is 0. The number of halogens is 1. The molecule has 0 atom stereocenters. The SMILES string of the molecule is C=C(C)C(=O)OCCN(CCCCCCCCC)CCCCCCCCC.I. The van der Waals surface area contributed by atoms with E-state index in [1.54, 1.807) is 6.92 Å². The molecule has 0 aromatic rings. The van der Waals surface area contributed by atoms with Crippen LogP contribution in [0.1, 0.15) is 111 Å². The number of ether oxygens (including phenoxy) is 1. The van der Waals surface area contributed by atoms with Crippen molar-refractivity contribution in [2.45, 2.75) is 111 Å². The van der Waals surface area contributed by atoms with Gasteiger partial charge in [0.15, 0.2) is 0 Å². The molecule has 0 saturated carbocycles. The largest absolute Gasteiger partial charge is 0.461 e. The van der Waals surface area contributed by atoms with Crippen LogP contribution < -0.4 is 0 Å². The first-order chi connectivity index (χ1) is 13.1. The Morgan fingerprint density at radius 1 is 0.714 bits per heavy atom. The third kappa shape index (κ3) is 20.6. The molecule has 0 saturated heterocycles. The predicted octanol–water partition coefficient (Wildman–Crippen LogP) is 7.53. The van der Waals surface area contributed by atoms with Gasteiger partial charge < -0.3 is 4.74 Å². The minimum Gasteiger partial charge on any atom is -0.461 e. The summed E-state index contributed by atoms with van der Waals surface area (Å²) in [6.45, 7) is 13.5. The molecule has 0 heterocycles. The molecule has 0 aromatic carbocycles. The Kier molecular flexibility index (Phi) is 24.9. The summed E-state index contributed by atoms with van der Waals surface area (Å²) in [6.07, 6.45) is 18.8. The van der Waals surface area contributed by atoms with Crippen LogP contribution in [0.4, 0.5) is 0 Å². The van der Waals surface area contributed by atoms with Crippen molar-refractivity contribution in [2.24, 2.45) is 0 Å². The van der Waals surface area contributed by atoms with E-state index in [0.717, 1.165) is 19.6 Å². The Morgan fingerprint density at radius 2 is 1.11 bits per heavy atom. The average molecular weight is 510 g/mol. The Bertz CT molecular complexity index is 343. The zero-order valence-electron chi connectivity index (χ0n) is 19.1. The van der Waals surface area contributed by atoms with Gasteiger partial charge in [0.1, 0.15) is 6.61 Å². The van der Waals surface area contributed by atoms with Crippen molar-refractivity contribution in [2.75, 3.05) is 26.2 Å². The number of carbonyl (C=O) groups is 1. The molecule has 0 aromatic heterocycles. The van der Waals surface area contributed by atoms with Gasteiger partial charge in [-0.3, -0.25) is 4.90 Å². The third-order valence-corrected chi connectivity index (χ3v) is 5.14. The van der Waals surface area contributed by atoms with E-state index < -0.39 is 0 Å². The van der Waals surface area contributed by atoms with E-state index in [2.05, 4.69) is 25.3 Å². The van der Waals surface area contributed by atoms with Gasteiger partial charge in [-0.25, -0.2) is 4.79 Å². The molecule has 0 aliphatic carbocycles. The molecular weight excluding hydrogens is 461 g/mol. The van der Waals surface area contributed by atoms with Crippen LogP contribution in [-0.4, -0.2) is 37.1 Å². The Morgan fingerprint density at radius 3 is 1.50 bits per heavy atom. The molecule has 0 rings (SSSR count). The van der Waals surface area contributed by atoms with Gasteiger partial charge in [-0.15, -0.1) is 24.0 Å². The average Bonchev–Trinajstić information content (AvgIpc) is 2.65. The van der Waals surface area contributed by atoms with E-state index in [-0.39, 0.29) is 29.9 Å². The summed E-state index contributed by atoms with van der Waals surface area (Å²) in [4.78, 5) is 14.0. The monoisotopic (exact) mass is 509 g/mol. The maximum atomic E-state index is 11.6. The first-order valence-electron chi connectivity index (χ1n) is 11.7. The molecule has 0 radical (unpaired) electrons. The smallest absolute Gasteiger partial charge is 0.333 e. The number of carbonyl (C=O) groups excluding carboxylic acids is 1. The zero-order valence-corrected chi connectivity index (χ0v) is 21.4. The lowest BCUT2D eigenvalue weighted by Crippen LogP contribution is -2.30. The van der Waals surface area contributed by atoms with Crippen LogP contribution in [0.2, 0.25) is 0 Å². The van der Waals surface area contributed by atoms with Gasteiger partial charge in [0.05, 0.1) is 0 Å². The summed E-state index contributed by atoms with van der Waals surface area (Å²) in [5.41, 5.74) is 0.487. The minimum absolute atomic E-state index is 0. The predicted molar refractivity (Wildman–Crippen MR) is 134 cm³/mol. The van der Waals surface area contributed by atoms with Crippen LogP contribution in [-0.2, 0) is 9.53 Å². The topological polar surface area (TPSA) is 29.5 Å². The van der Waals surface area contributed by atoms with E-state index in [4.69, 9.17) is 4.74 Å². The van der Waals surface area contributed by atoms with E-state index in [0.29, 0.717) is 12.2 Å². The minimum atomic E-state index is -0.262. The lowest BCUT2D eigenvalue weighted by Gasteiger charge is -2.22. The molecule has 168 valence electrons. The zero-order chi connectivity index (χ0) is 20.2. The van der Waals surface area contributed by atoms with E-state index in [1.807, 2.05) is 0 Å². The van der Waals surface area contributed by atoms with Gasteiger partial charge >= 0.3 is 5.97 Å². The summed E-state index contributed by atoms with van der Waals surface area (Å²) < 4.78 is 5.30. The van der Waals surface area contributed by atoms with Gasteiger partial charge in [-0.2, -0.15) is 0 Å². The Hall–Kier alpha value is -0.100. The van der Waals surface area contributed by atoms with Gasteiger partial charge in [0.2, 0.25) is 0 Å². The van der Waals surface area contributed by atoms with Gasteiger partial charge in [0, 0.05) is 12.1 Å². The van der Waals surface area contributed by atoms with Crippen molar-refractivity contribution < 1.29 is 9.53 Å². The molecule has 0 spiro atoms. The molecule has 28 heavy (non-hydrogen) atoms. The van der Waals surface area contributed by atoms with Crippen LogP contribution in [0.25, 0.3) is 0 Å². The maximum Gasteiger partial charge on any atom is 0.333 e. The van der Waals surface area contributed by atoms with Crippen LogP contribution in [0, 0.1) is 0 Å². The quantitative estimate of drug-likeness (QED) is 0.0736. The third-order valence-electron chi connectivity index (χ3n) is 5.14. The van der Waals surface area contributed by atoms with Crippen molar-refractivity contribution in [3.05, 3.63) is 12.2 Å². The van der Waals surface area contributed by atoms with E-state index in [1.165, 1.54) is 89.9 Å². The van der Waals surface area contributed by atoms with Crippen LogP contribution in [0.5, 0.6) is 0 Å². The lowest BCUT2D eigenvalue weighted by atomic mass is 10.1. The number of rotatable bonds is 20. The maximum absolute atomic E-state index is 11.6. The Labute approximate surface area is 193 Å². The number of unbranched alkanes of at least 4 members (excludes halogenated alkanes) is 12. The fourth-order valence-electron chi connectivity index (χ4n) is 3.31. The molecule has 0 N–H and O–H groups in total. The fraction of sp³-hybridized carbons (Fsp3) is 0.875. The standard InChI is InChI=1S/C24H47NO2.HI/c1-5-7-9-11-13-15-17-19-25(21-22-27-24(26)23(3)4)20-18-16-14-12-10-8-6-2;/h3,5-22H2,1-2,4H3;1H. The van der Waals surface area contributed by atoms with E-state index >= 15 is 0 Å². The fourth-order valence-corrected chi connectivity index (χ4v) is 3.31. The normalized spacial score (nSPS) is 10.7. The summed E-state index contributed by atoms with van der Waals surface area (Å²) in [6, 6.07) is 0. The first kappa shape index (κ1) is 30.1. The lowest BCUT2D eigenvalue weighted by molar-refractivity contribution is -0.139. The Balaban J connectivity index is 0. The second-order valence-electron chi connectivity index (χ2n) is 8.00. The van der Waals surface area contributed by atoms with Crippen LogP contribution in [0.15, 0.2) is 12.2 Å². The molecule has 0 bridgehead atoms. The highest BCUT2D eigenvalue weighted by Gasteiger charge is 2.08. The molecule has 4 heteroatoms. The van der Waals surface area contributed by atoms with Crippen molar-refractivity contribution in [1.82, 2.24) is 4.90 Å². The molecule has 0 unspecified atom stereocenters. The summed E-state index contributed by atoms with van der Waals surface area (Å²) in [7, 11) is 0. The molecular formula is C24H48INO2. The second kappa shape index (κ2) is 23.2. The van der Waals surface area contributed by atoms with Crippen LogP contribution in [0.3, 0.4) is 0 Å². The van der Waals surface area contributed by atoms with Crippen molar-refractivity contribution in [3.63, 3.8) is 0 Å². The van der Waals surface area contributed by atoms with Gasteiger partial charge in [0.25, 0.3) is 0 Å². The first-order valence-corrected chi connectivity index (χ1v) is 11.7. The second-order valence-corrected chi connectivity index (χ2v) is 8.00. The van der Waals surface area contributed by atoms with Gasteiger partial charge in [-0.1, -0.05) is 97.5 Å². The number of hydrogen-bond acceptors (Lipinski definition) is 3. The summed E-state index contributed by atoms with van der Waals surface area (Å²) >= 11 is 0. The molecule has 0 aliphatic heterocycles. The molecule has 3 nitrogen and oxygen atoms in total. The number of esters is 1. The van der Waals surface area contributed by atoms with E-state index in [9.17, 15) is 4.79 Å². The molecule has 0 aliphatic rings. The highest BCUT2D eigenvalue weighted by Crippen LogP contribution is 2.10. The van der Waals surface area contributed by atoms with Crippen LogP contribution >= 0.6 is 24.0 Å². The molecule has 0 amide bonds. The van der Waals surface area contributed by atoms with Crippen molar-refractivity contribution >= 4 is 29.9 Å². The van der Waals surface area contributed by atoms with Gasteiger partial charge in [-0.05, 0) is 32.9 Å². The summed E-state index contributed by atoms with van der Waals surface area (Å²) in [5.74, 6) is -0.262. The summed E-state index contributed by atoms with van der Waals surface area (Å²) in [5, 5.41) is 0. The van der Waals surface area contributed by atoms with Crippen molar-refractivity contribution in [3.8, 4) is 0 Å². The molecule has 0 fully saturated rings. The van der Waals surface area contributed by atoms with Crippen molar-refractivity contribution in [1.29, 1.82) is 0 Å². The number of nitrogens with zero attached hydrogens (tertiary/aromatic N) is 1. The highest BCUT2D eigenvalue weighted by molar-refractivity contribution is 14.0. The highest BCUT2D eigenvalue weighted by atomic mass is 127.